The maximum atomic E-state index is 14.1. The lowest BCUT2D eigenvalue weighted by Gasteiger charge is -2.31. The van der Waals surface area contributed by atoms with Crippen molar-refractivity contribution in [1.29, 1.82) is 0 Å². The van der Waals surface area contributed by atoms with Gasteiger partial charge in [0.05, 0.1) is 6.54 Å². The number of hydrogen-bond acceptors (Lipinski definition) is 4. The Hall–Kier alpha value is -1.99. The standard InChI is InChI=1S/C19H20F2N2O2S/c20-13-3-6-17(21)12(8-13)11-23(18-2-1-7-26-18)19(24)25-16-9-14-4-5-15(10-16)22-14/h1-3,6-8,14-16,22H,4-5,9-11H2/t14-,15+,16?. The van der Waals surface area contributed by atoms with Crippen LogP contribution in [0.2, 0.25) is 0 Å². The van der Waals surface area contributed by atoms with Gasteiger partial charge in [-0.25, -0.2) is 13.6 Å². The van der Waals surface area contributed by atoms with Gasteiger partial charge in [0.1, 0.15) is 22.7 Å². The van der Waals surface area contributed by atoms with Gasteiger partial charge in [0.15, 0.2) is 0 Å². The summed E-state index contributed by atoms with van der Waals surface area (Å²) in [4.78, 5) is 14.2. The molecule has 2 aromatic rings. The third kappa shape index (κ3) is 3.73. The number of carbonyl (C=O) groups excluding carboxylic acids is 1. The second-order valence-electron chi connectivity index (χ2n) is 6.89. The molecule has 2 aliphatic rings. The molecular formula is C19H20F2N2O2S. The number of anilines is 1. The van der Waals surface area contributed by atoms with Crippen molar-refractivity contribution in [2.24, 2.45) is 0 Å². The SMILES string of the molecule is O=C(OC1C[C@H]2CC[C@@H](C1)N2)N(Cc1cc(F)ccc1F)c1cccs1. The minimum absolute atomic E-state index is 0.0687. The minimum Gasteiger partial charge on any atom is -0.446 e. The topological polar surface area (TPSA) is 41.6 Å². The molecule has 0 radical (unpaired) electrons. The fourth-order valence-electron chi connectivity index (χ4n) is 3.80. The normalized spacial score (nSPS) is 24.5. The first-order valence-electron chi connectivity index (χ1n) is 8.80. The van der Waals surface area contributed by atoms with Gasteiger partial charge >= 0.3 is 6.09 Å². The molecule has 138 valence electrons. The molecule has 3 atom stereocenters. The van der Waals surface area contributed by atoms with Gasteiger partial charge in [0.25, 0.3) is 0 Å². The summed E-state index contributed by atoms with van der Waals surface area (Å²) >= 11 is 1.36. The average Bonchev–Trinajstić information content (AvgIpc) is 3.25. The fourth-order valence-corrected chi connectivity index (χ4v) is 4.52. The molecule has 1 unspecified atom stereocenters. The Labute approximate surface area is 154 Å². The number of nitrogens with one attached hydrogen (secondary N) is 1. The number of rotatable bonds is 4. The largest absolute Gasteiger partial charge is 0.446 e. The number of halogens is 2. The van der Waals surface area contributed by atoms with Gasteiger partial charge in [0, 0.05) is 17.6 Å². The van der Waals surface area contributed by atoms with Gasteiger partial charge in [0.2, 0.25) is 0 Å². The van der Waals surface area contributed by atoms with Crippen LogP contribution in [0.3, 0.4) is 0 Å². The van der Waals surface area contributed by atoms with E-state index in [4.69, 9.17) is 4.74 Å². The van der Waals surface area contributed by atoms with E-state index in [9.17, 15) is 13.6 Å². The van der Waals surface area contributed by atoms with Gasteiger partial charge in [-0.05, 0) is 61.4 Å². The van der Waals surface area contributed by atoms with Crippen LogP contribution in [0.5, 0.6) is 0 Å². The zero-order valence-electron chi connectivity index (χ0n) is 14.2. The van der Waals surface area contributed by atoms with Crippen molar-refractivity contribution >= 4 is 22.4 Å². The summed E-state index contributed by atoms with van der Waals surface area (Å²) in [6, 6.07) is 7.66. The molecule has 2 saturated heterocycles. The van der Waals surface area contributed by atoms with E-state index in [1.165, 1.54) is 16.2 Å². The van der Waals surface area contributed by atoms with Crippen molar-refractivity contribution in [3.8, 4) is 0 Å². The van der Waals surface area contributed by atoms with Crippen LogP contribution >= 0.6 is 11.3 Å². The van der Waals surface area contributed by atoms with Crippen molar-refractivity contribution in [3.63, 3.8) is 0 Å². The molecule has 0 aliphatic carbocycles. The van der Waals surface area contributed by atoms with E-state index >= 15 is 0 Å². The first-order chi connectivity index (χ1) is 12.6. The van der Waals surface area contributed by atoms with Crippen molar-refractivity contribution < 1.29 is 18.3 Å². The Balaban J connectivity index is 1.51. The van der Waals surface area contributed by atoms with Crippen LogP contribution in [-0.4, -0.2) is 24.3 Å². The summed E-state index contributed by atoms with van der Waals surface area (Å²) in [5, 5.41) is 5.99. The number of thiophene rings is 1. The summed E-state index contributed by atoms with van der Waals surface area (Å²) in [6.45, 7) is -0.0687. The first kappa shape index (κ1) is 17.4. The number of benzene rings is 1. The summed E-state index contributed by atoms with van der Waals surface area (Å²) < 4.78 is 33.3. The summed E-state index contributed by atoms with van der Waals surface area (Å²) in [7, 11) is 0. The second kappa shape index (κ2) is 7.32. The van der Waals surface area contributed by atoms with Crippen LogP contribution in [0, 0.1) is 11.6 Å². The molecule has 0 spiro atoms. The highest BCUT2D eigenvalue weighted by Gasteiger charge is 2.36. The number of fused-ring (bicyclic) bond motifs is 2. The Morgan fingerprint density at radius 1 is 1.23 bits per heavy atom. The molecule has 7 heteroatoms. The number of nitrogens with zero attached hydrogens (tertiary/aromatic N) is 1. The van der Waals surface area contributed by atoms with Crippen molar-refractivity contribution in [2.75, 3.05) is 4.90 Å². The molecule has 3 heterocycles. The van der Waals surface area contributed by atoms with E-state index in [1.54, 1.807) is 6.07 Å². The van der Waals surface area contributed by atoms with Crippen LogP contribution in [0.15, 0.2) is 35.7 Å². The summed E-state index contributed by atoms with van der Waals surface area (Å²) in [5.41, 5.74) is 0.126. The van der Waals surface area contributed by atoms with Crippen molar-refractivity contribution in [1.82, 2.24) is 5.32 Å². The minimum atomic E-state index is -0.541. The van der Waals surface area contributed by atoms with Crippen LogP contribution in [0.1, 0.15) is 31.2 Å². The number of ether oxygens (including phenoxy) is 1. The molecule has 2 fully saturated rings. The zero-order valence-corrected chi connectivity index (χ0v) is 15.0. The number of carbonyl (C=O) groups is 1. The molecule has 1 N–H and O–H groups in total. The quantitative estimate of drug-likeness (QED) is 0.855. The van der Waals surface area contributed by atoms with E-state index in [0.29, 0.717) is 17.1 Å². The van der Waals surface area contributed by atoms with Crippen LogP contribution in [-0.2, 0) is 11.3 Å². The molecule has 1 aromatic carbocycles. The van der Waals surface area contributed by atoms with Crippen molar-refractivity contribution in [3.05, 3.63) is 52.9 Å². The third-order valence-corrected chi connectivity index (χ3v) is 5.92. The van der Waals surface area contributed by atoms with E-state index in [0.717, 1.165) is 43.9 Å². The highest BCUT2D eigenvalue weighted by atomic mass is 32.1. The Bertz CT molecular complexity index is 772. The fraction of sp³-hybridized carbons (Fsp3) is 0.421. The molecule has 1 amide bonds. The van der Waals surface area contributed by atoms with Gasteiger partial charge in [-0.2, -0.15) is 0 Å². The second-order valence-corrected chi connectivity index (χ2v) is 7.81. The molecule has 2 aliphatic heterocycles. The number of hydrogen-bond donors (Lipinski definition) is 1. The van der Waals surface area contributed by atoms with E-state index < -0.39 is 17.7 Å². The molecule has 2 bridgehead atoms. The highest BCUT2D eigenvalue weighted by Crippen LogP contribution is 2.30. The Kier molecular flexibility index (Phi) is 4.91. The average molecular weight is 378 g/mol. The zero-order chi connectivity index (χ0) is 18.1. The van der Waals surface area contributed by atoms with Gasteiger partial charge in [-0.3, -0.25) is 4.90 Å². The number of amides is 1. The summed E-state index contributed by atoms with van der Waals surface area (Å²) in [6.07, 6.45) is 3.18. The van der Waals surface area contributed by atoms with E-state index in [1.807, 2.05) is 11.4 Å². The van der Waals surface area contributed by atoms with Gasteiger partial charge in [-0.15, -0.1) is 11.3 Å². The molecule has 4 rings (SSSR count). The van der Waals surface area contributed by atoms with Crippen LogP contribution < -0.4 is 10.2 Å². The highest BCUT2D eigenvalue weighted by molar-refractivity contribution is 7.14. The lowest BCUT2D eigenvalue weighted by molar-refractivity contribution is 0.0719. The maximum Gasteiger partial charge on any atom is 0.415 e. The predicted molar refractivity (Wildman–Crippen MR) is 96.3 cm³/mol. The monoisotopic (exact) mass is 378 g/mol. The molecule has 4 nitrogen and oxygen atoms in total. The lowest BCUT2D eigenvalue weighted by Crippen LogP contribution is -2.44. The van der Waals surface area contributed by atoms with Gasteiger partial charge < -0.3 is 10.1 Å². The smallest absolute Gasteiger partial charge is 0.415 e. The first-order valence-corrected chi connectivity index (χ1v) is 9.68. The van der Waals surface area contributed by atoms with Crippen LogP contribution in [0.4, 0.5) is 18.6 Å². The van der Waals surface area contributed by atoms with Crippen molar-refractivity contribution in [2.45, 2.75) is 50.4 Å². The Morgan fingerprint density at radius 3 is 2.69 bits per heavy atom. The lowest BCUT2D eigenvalue weighted by atomic mass is 10.0. The van der Waals surface area contributed by atoms with E-state index in [-0.39, 0.29) is 18.2 Å². The third-order valence-electron chi connectivity index (χ3n) is 5.03. The number of piperidine rings is 1. The van der Waals surface area contributed by atoms with Crippen LogP contribution in [0.25, 0.3) is 0 Å². The molecule has 26 heavy (non-hydrogen) atoms. The maximum absolute atomic E-state index is 14.1. The predicted octanol–water partition coefficient (Wildman–Crippen LogP) is 4.45. The molecule has 0 saturated carbocycles. The van der Waals surface area contributed by atoms with E-state index in [2.05, 4.69) is 5.32 Å². The molecule has 1 aromatic heterocycles. The molecular weight excluding hydrogens is 358 g/mol. The Morgan fingerprint density at radius 2 is 2.00 bits per heavy atom. The summed E-state index contributed by atoms with van der Waals surface area (Å²) in [5.74, 6) is -1.07. The van der Waals surface area contributed by atoms with Gasteiger partial charge in [-0.1, -0.05) is 0 Å².